The minimum absolute atomic E-state index is 0.362. The van der Waals surface area contributed by atoms with Crippen LogP contribution in [0.3, 0.4) is 0 Å². The van der Waals surface area contributed by atoms with Gasteiger partial charge in [0.05, 0.1) is 5.69 Å². The molecule has 0 aromatic carbocycles. The molecule has 1 saturated carbocycles. The molecule has 2 unspecified atom stereocenters. The average molecular weight is 199 g/mol. The molecule has 1 heterocycles. The van der Waals surface area contributed by atoms with Gasteiger partial charge in [-0.2, -0.15) is 5.10 Å². The smallest absolute Gasteiger partial charge is 0.0655 e. The monoisotopic (exact) mass is 198 g/mol. The zero-order valence-corrected chi connectivity index (χ0v) is 8.67. The van der Waals surface area contributed by atoms with E-state index in [2.05, 4.69) is 11.2 Å². The molecule has 1 aromatic heterocycles. The van der Waals surface area contributed by atoms with Gasteiger partial charge < -0.3 is 0 Å². The van der Waals surface area contributed by atoms with E-state index in [1.807, 2.05) is 17.9 Å². The highest BCUT2D eigenvalue weighted by molar-refractivity contribution is 6.20. The number of hydrogen-bond acceptors (Lipinski definition) is 1. The SMILES string of the molecule is Cn1ccc(C2CCCC(Cl)C2)n1. The molecular formula is C10H15ClN2. The Hall–Kier alpha value is -0.500. The fraction of sp³-hybridized carbons (Fsp3) is 0.700. The van der Waals surface area contributed by atoms with E-state index in [0.29, 0.717) is 11.3 Å². The molecule has 1 aromatic rings. The van der Waals surface area contributed by atoms with Crippen molar-refractivity contribution in [3.63, 3.8) is 0 Å². The summed E-state index contributed by atoms with van der Waals surface area (Å²) in [7, 11) is 1.96. The van der Waals surface area contributed by atoms with Crippen LogP contribution in [0.2, 0.25) is 0 Å². The van der Waals surface area contributed by atoms with Crippen molar-refractivity contribution in [2.45, 2.75) is 37.0 Å². The van der Waals surface area contributed by atoms with Crippen molar-refractivity contribution in [2.75, 3.05) is 0 Å². The Morgan fingerprint density at radius 3 is 3.00 bits per heavy atom. The van der Waals surface area contributed by atoms with Crippen LogP contribution in [0.15, 0.2) is 12.3 Å². The molecule has 3 heteroatoms. The maximum Gasteiger partial charge on any atom is 0.0655 e. The van der Waals surface area contributed by atoms with E-state index in [1.54, 1.807) is 0 Å². The molecule has 0 saturated heterocycles. The number of rotatable bonds is 1. The lowest BCUT2D eigenvalue weighted by Gasteiger charge is -2.23. The largest absolute Gasteiger partial charge is 0.276 e. The van der Waals surface area contributed by atoms with Crippen LogP contribution in [-0.4, -0.2) is 15.2 Å². The molecule has 0 aliphatic heterocycles. The summed E-state index contributed by atoms with van der Waals surface area (Å²) in [5, 5.41) is 4.79. The number of aromatic nitrogens is 2. The molecule has 2 rings (SSSR count). The molecule has 0 bridgehead atoms. The van der Waals surface area contributed by atoms with Crippen molar-refractivity contribution >= 4 is 11.6 Å². The maximum atomic E-state index is 6.13. The predicted octanol–water partition coefficient (Wildman–Crippen LogP) is 2.69. The quantitative estimate of drug-likeness (QED) is 0.635. The van der Waals surface area contributed by atoms with Crippen molar-refractivity contribution in [3.05, 3.63) is 18.0 Å². The van der Waals surface area contributed by atoms with Crippen LogP contribution >= 0.6 is 11.6 Å². The molecule has 1 aliphatic carbocycles. The van der Waals surface area contributed by atoms with Gasteiger partial charge in [-0.1, -0.05) is 6.42 Å². The summed E-state index contributed by atoms with van der Waals surface area (Å²) in [5.74, 6) is 0.595. The summed E-state index contributed by atoms with van der Waals surface area (Å²) in [6.45, 7) is 0. The first kappa shape index (κ1) is 9.07. The van der Waals surface area contributed by atoms with Gasteiger partial charge in [0, 0.05) is 24.5 Å². The minimum atomic E-state index is 0.362. The van der Waals surface area contributed by atoms with Gasteiger partial charge in [0.25, 0.3) is 0 Å². The molecule has 0 spiro atoms. The highest BCUT2D eigenvalue weighted by Gasteiger charge is 2.22. The zero-order valence-electron chi connectivity index (χ0n) is 7.91. The first-order chi connectivity index (χ1) is 6.25. The zero-order chi connectivity index (χ0) is 9.26. The Morgan fingerprint density at radius 2 is 2.38 bits per heavy atom. The van der Waals surface area contributed by atoms with Gasteiger partial charge in [0.2, 0.25) is 0 Å². The van der Waals surface area contributed by atoms with Gasteiger partial charge in [-0.3, -0.25) is 4.68 Å². The predicted molar refractivity (Wildman–Crippen MR) is 54.1 cm³/mol. The number of halogens is 1. The third-order valence-corrected chi connectivity index (χ3v) is 3.16. The van der Waals surface area contributed by atoms with Crippen molar-refractivity contribution < 1.29 is 0 Å². The molecule has 0 radical (unpaired) electrons. The van der Waals surface area contributed by atoms with Crippen LogP contribution in [0.1, 0.15) is 37.3 Å². The first-order valence-corrected chi connectivity index (χ1v) is 5.33. The van der Waals surface area contributed by atoms with E-state index in [1.165, 1.54) is 25.0 Å². The van der Waals surface area contributed by atoms with Crippen molar-refractivity contribution in [2.24, 2.45) is 7.05 Å². The molecule has 2 atom stereocenters. The Kier molecular flexibility index (Phi) is 2.58. The molecule has 2 nitrogen and oxygen atoms in total. The maximum absolute atomic E-state index is 6.13. The van der Waals surface area contributed by atoms with Gasteiger partial charge in [-0.05, 0) is 25.3 Å². The highest BCUT2D eigenvalue weighted by Crippen LogP contribution is 2.34. The molecule has 0 N–H and O–H groups in total. The van der Waals surface area contributed by atoms with Crippen LogP contribution in [0, 0.1) is 0 Å². The average Bonchev–Trinajstić information content (AvgIpc) is 2.52. The summed E-state index contributed by atoms with van der Waals surface area (Å²) >= 11 is 6.13. The first-order valence-electron chi connectivity index (χ1n) is 4.89. The normalized spacial score (nSPS) is 29.1. The second-order valence-electron chi connectivity index (χ2n) is 3.88. The van der Waals surface area contributed by atoms with Crippen molar-refractivity contribution in [3.8, 4) is 0 Å². The summed E-state index contributed by atoms with van der Waals surface area (Å²) in [5.41, 5.74) is 1.22. The number of nitrogens with zero attached hydrogens (tertiary/aromatic N) is 2. The fourth-order valence-corrected chi connectivity index (χ4v) is 2.42. The van der Waals surface area contributed by atoms with Gasteiger partial charge in [0.15, 0.2) is 0 Å². The second-order valence-corrected chi connectivity index (χ2v) is 4.49. The lowest BCUT2D eigenvalue weighted by atomic mass is 9.87. The molecule has 72 valence electrons. The third-order valence-electron chi connectivity index (χ3n) is 2.76. The van der Waals surface area contributed by atoms with Crippen molar-refractivity contribution in [1.82, 2.24) is 9.78 Å². The Bertz CT molecular complexity index is 282. The van der Waals surface area contributed by atoms with E-state index in [0.717, 1.165) is 6.42 Å². The number of aryl methyl sites for hydroxylation is 1. The molecule has 13 heavy (non-hydrogen) atoms. The summed E-state index contributed by atoms with van der Waals surface area (Å²) in [4.78, 5) is 0. The van der Waals surface area contributed by atoms with E-state index in [9.17, 15) is 0 Å². The molecule has 1 aliphatic rings. The molecule has 0 amide bonds. The second kappa shape index (κ2) is 3.70. The molecule has 1 fully saturated rings. The summed E-state index contributed by atoms with van der Waals surface area (Å²) in [6.07, 6.45) is 6.77. The van der Waals surface area contributed by atoms with E-state index < -0.39 is 0 Å². The Balaban J connectivity index is 2.08. The summed E-state index contributed by atoms with van der Waals surface area (Å²) < 4.78 is 1.87. The topological polar surface area (TPSA) is 17.8 Å². The third kappa shape index (κ3) is 2.05. The lowest BCUT2D eigenvalue weighted by Crippen LogP contribution is -2.14. The van der Waals surface area contributed by atoms with E-state index in [4.69, 9.17) is 11.6 Å². The van der Waals surface area contributed by atoms with Crippen LogP contribution < -0.4 is 0 Å². The van der Waals surface area contributed by atoms with Crippen LogP contribution in [0.25, 0.3) is 0 Å². The van der Waals surface area contributed by atoms with Gasteiger partial charge >= 0.3 is 0 Å². The van der Waals surface area contributed by atoms with Gasteiger partial charge in [-0.15, -0.1) is 11.6 Å². The molecular weight excluding hydrogens is 184 g/mol. The van der Waals surface area contributed by atoms with E-state index >= 15 is 0 Å². The van der Waals surface area contributed by atoms with Crippen LogP contribution in [0.4, 0.5) is 0 Å². The standard InChI is InChI=1S/C10H15ClN2/c1-13-6-5-10(12-13)8-3-2-4-9(11)7-8/h5-6,8-9H,2-4,7H2,1H3. The summed E-state index contributed by atoms with van der Waals surface area (Å²) in [6, 6.07) is 2.11. The number of hydrogen-bond donors (Lipinski definition) is 0. The fourth-order valence-electron chi connectivity index (χ4n) is 2.05. The minimum Gasteiger partial charge on any atom is -0.276 e. The van der Waals surface area contributed by atoms with Crippen LogP contribution in [-0.2, 0) is 7.05 Å². The lowest BCUT2D eigenvalue weighted by molar-refractivity contribution is 0.439. The van der Waals surface area contributed by atoms with Crippen LogP contribution in [0.5, 0.6) is 0 Å². The van der Waals surface area contributed by atoms with Gasteiger partial charge in [0.1, 0.15) is 0 Å². The van der Waals surface area contributed by atoms with E-state index in [-0.39, 0.29) is 0 Å². The highest BCUT2D eigenvalue weighted by atomic mass is 35.5. The van der Waals surface area contributed by atoms with Gasteiger partial charge in [-0.25, -0.2) is 0 Å². The Morgan fingerprint density at radius 1 is 1.54 bits per heavy atom. The Labute approximate surface area is 83.9 Å². The van der Waals surface area contributed by atoms with Crippen molar-refractivity contribution in [1.29, 1.82) is 0 Å². The number of alkyl halides is 1.